The Kier molecular flexibility index (Phi) is 25.7. The van der Waals surface area contributed by atoms with Crippen LogP contribution in [0.4, 0.5) is 0 Å². The first kappa shape index (κ1) is 29.5. The molecule has 0 unspecified atom stereocenters. The Morgan fingerprint density at radius 3 is 1.68 bits per heavy atom. The molecule has 0 aromatic carbocycles. The van der Waals surface area contributed by atoms with E-state index in [1.807, 2.05) is 13.8 Å². The van der Waals surface area contributed by atoms with E-state index in [0.29, 0.717) is 6.42 Å². The second-order valence-corrected chi connectivity index (χ2v) is 7.71. The Labute approximate surface area is 174 Å². The first-order valence-corrected chi connectivity index (χ1v) is 12.3. The van der Waals surface area contributed by atoms with E-state index in [9.17, 15) is 8.42 Å². The zero-order chi connectivity index (χ0) is 21.3. The van der Waals surface area contributed by atoms with Crippen LogP contribution in [0, 0.1) is 0 Å². The van der Waals surface area contributed by atoms with E-state index in [4.69, 9.17) is 9.29 Å². The Morgan fingerprint density at radius 2 is 1.21 bits per heavy atom. The van der Waals surface area contributed by atoms with Crippen LogP contribution in [0.2, 0.25) is 0 Å². The van der Waals surface area contributed by atoms with Gasteiger partial charge in [0.15, 0.2) is 0 Å². The summed E-state index contributed by atoms with van der Waals surface area (Å²) >= 11 is 0. The van der Waals surface area contributed by atoms with Gasteiger partial charge in [-0.05, 0) is 52.4 Å². The minimum Gasteiger partial charge on any atom is -0.382 e. The Bertz CT molecular complexity index is 442. The standard InChI is InChI=1S/C18H34O4S.C4H10O/c1-2-3-4-5-6-7-8-9-10-11-12-13-14-15-16-17-18-22-23(19,20)21;1-3-5-4-2/h6-7,9-10H,2-5,8,11-18H2,1H3,(H,19,20,21);3-4H2,1-2H3/b7-6-,10-9-;. The van der Waals surface area contributed by atoms with Gasteiger partial charge in [0.2, 0.25) is 0 Å². The van der Waals surface area contributed by atoms with E-state index in [1.165, 1.54) is 38.5 Å². The normalized spacial score (nSPS) is 11.9. The largest absolute Gasteiger partial charge is 0.397 e. The predicted octanol–water partition coefficient (Wildman–Crippen LogP) is 6.66. The molecule has 0 aliphatic rings. The van der Waals surface area contributed by atoms with Crippen molar-refractivity contribution in [3.63, 3.8) is 0 Å². The SMILES string of the molecule is CCCCC/C=C\C/C=C\CCCCCCCCOS(=O)(=O)O.CCOCC. The van der Waals surface area contributed by atoms with Gasteiger partial charge < -0.3 is 4.74 Å². The highest BCUT2D eigenvalue weighted by atomic mass is 32.3. The highest BCUT2D eigenvalue weighted by Crippen LogP contribution is 2.08. The first-order chi connectivity index (χ1) is 13.5. The van der Waals surface area contributed by atoms with Gasteiger partial charge >= 0.3 is 10.4 Å². The molecule has 0 spiro atoms. The number of hydrogen-bond acceptors (Lipinski definition) is 4. The van der Waals surface area contributed by atoms with Gasteiger partial charge in [0.05, 0.1) is 6.61 Å². The van der Waals surface area contributed by atoms with Gasteiger partial charge in [-0.25, -0.2) is 4.18 Å². The second kappa shape index (κ2) is 24.3. The lowest BCUT2D eigenvalue weighted by Gasteiger charge is -2.01. The molecule has 0 rings (SSSR count). The maximum absolute atomic E-state index is 10.3. The lowest BCUT2D eigenvalue weighted by atomic mass is 10.1. The Morgan fingerprint density at radius 1 is 0.714 bits per heavy atom. The van der Waals surface area contributed by atoms with Crippen LogP contribution in [-0.4, -0.2) is 32.8 Å². The van der Waals surface area contributed by atoms with Gasteiger partial charge in [-0.1, -0.05) is 69.8 Å². The van der Waals surface area contributed by atoms with Crippen molar-refractivity contribution in [1.82, 2.24) is 0 Å². The molecular formula is C22H44O5S. The van der Waals surface area contributed by atoms with Crippen LogP contribution in [0.15, 0.2) is 24.3 Å². The maximum Gasteiger partial charge on any atom is 0.397 e. The maximum atomic E-state index is 10.3. The minimum absolute atomic E-state index is 0.0769. The summed E-state index contributed by atoms with van der Waals surface area (Å²) in [5.74, 6) is 0. The van der Waals surface area contributed by atoms with Crippen molar-refractivity contribution in [2.24, 2.45) is 0 Å². The summed E-state index contributed by atoms with van der Waals surface area (Å²) in [7, 11) is -4.26. The number of allylic oxidation sites excluding steroid dienone is 4. The summed E-state index contributed by atoms with van der Waals surface area (Å²) in [5.41, 5.74) is 0. The zero-order valence-corrected chi connectivity index (χ0v) is 19.2. The number of ether oxygens (including phenoxy) is 1. The van der Waals surface area contributed by atoms with E-state index in [2.05, 4.69) is 35.4 Å². The monoisotopic (exact) mass is 420 g/mol. The molecule has 0 aliphatic heterocycles. The molecule has 168 valence electrons. The predicted molar refractivity (Wildman–Crippen MR) is 119 cm³/mol. The number of rotatable bonds is 18. The summed E-state index contributed by atoms with van der Waals surface area (Å²) < 4.78 is 38.1. The first-order valence-electron chi connectivity index (χ1n) is 11.0. The third-order valence-corrected chi connectivity index (χ3v) is 4.45. The van der Waals surface area contributed by atoms with Gasteiger partial charge in [-0.3, -0.25) is 4.55 Å². The van der Waals surface area contributed by atoms with Crippen molar-refractivity contribution in [3.05, 3.63) is 24.3 Å². The summed E-state index contributed by atoms with van der Waals surface area (Å²) in [6, 6.07) is 0. The second-order valence-electron chi connectivity index (χ2n) is 6.62. The van der Waals surface area contributed by atoms with Crippen molar-refractivity contribution >= 4 is 10.4 Å². The van der Waals surface area contributed by atoms with E-state index in [1.54, 1.807) is 0 Å². The summed E-state index contributed by atoms with van der Waals surface area (Å²) in [4.78, 5) is 0. The molecule has 0 aromatic heterocycles. The molecule has 0 heterocycles. The average molecular weight is 421 g/mol. The van der Waals surface area contributed by atoms with Crippen LogP contribution in [0.1, 0.15) is 97.8 Å². The van der Waals surface area contributed by atoms with Gasteiger partial charge in [-0.15, -0.1) is 0 Å². The van der Waals surface area contributed by atoms with Crippen LogP contribution < -0.4 is 0 Å². The van der Waals surface area contributed by atoms with Crippen LogP contribution in [0.5, 0.6) is 0 Å². The third kappa shape index (κ3) is 32.9. The van der Waals surface area contributed by atoms with Crippen molar-refractivity contribution in [2.75, 3.05) is 19.8 Å². The molecule has 0 amide bonds. The molecule has 1 N–H and O–H groups in total. The topological polar surface area (TPSA) is 72.8 Å². The quantitative estimate of drug-likeness (QED) is 0.152. The molecule has 0 saturated heterocycles. The lowest BCUT2D eigenvalue weighted by molar-refractivity contribution is 0.162. The van der Waals surface area contributed by atoms with E-state index in [-0.39, 0.29) is 6.61 Å². The van der Waals surface area contributed by atoms with Crippen molar-refractivity contribution in [1.29, 1.82) is 0 Å². The molecule has 6 heteroatoms. The molecule has 0 aromatic rings. The number of hydrogen-bond donors (Lipinski definition) is 1. The fraction of sp³-hybridized carbons (Fsp3) is 0.818. The van der Waals surface area contributed by atoms with Gasteiger partial charge in [0.25, 0.3) is 0 Å². The molecule has 0 radical (unpaired) electrons. The van der Waals surface area contributed by atoms with Crippen molar-refractivity contribution < 1.29 is 21.9 Å². The third-order valence-electron chi connectivity index (χ3n) is 3.99. The average Bonchev–Trinajstić information content (AvgIpc) is 2.64. The molecule has 0 saturated carbocycles. The highest BCUT2D eigenvalue weighted by Gasteiger charge is 2.02. The fourth-order valence-corrected chi connectivity index (χ4v) is 2.79. The van der Waals surface area contributed by atoms with Gasteiger partial charge in [0.1, 0.15) is 0 Å². The molecule has 5 nitrogen and oxygen atoms in total. The molecule has 0 bridgehead atoms. The summed E-state index contributed by atoms with van der Waals surface area (Å²) in [6.07, 6.45) is 22.6. The van der Waals surface area contributed by atoms with Crippen molar-refractivity contribution in [3.8, 4) is 0 Å². The smallest absolute Gasteiger partial charge is 0.382 e. The molecule has 0 fully saturated rings. The van der Waals surface area contributed by atoms with Crippen LogP contribution in [0.3, 0.4) is 0 Å². The Balaban J connectivity index is 0. The molecule has 0 atom stereocenters. The van der Waals surface area contributed by atoms with Crippen LogP contribution >= 0.6 is 0 Å². The number of unbranched alkanes of at least 4 members (excludes halogenated alkanes) is 9. The summed E-state index contributed by atoms with van der Waals surface area (Å²) in [5, 5.41) is 0. The van der Waals surface area contributed by atoms with Gasteiger partial charge in [0, 0.05) is 13.2 Å². The lowest BCUT2D eigenvalue weighted by Crippen LogP contribution is -2.04. The van der Waals surface area contributed by atoms with Crippen LogP contribution in [0.25, 0.3) is 0 Å². The summed E-state index contributed by atoms with van der Waals surface area (Å²) in [6.45, 7) is 7.97. The Hall–Kier alpha value is -0.690. The fourth-order valence-electron chi connectivity index (χ4n) is 2.46. The molecule has 28 heavy (non-hydrogen) atoms. The molecular weight excluding hydrogens is 376 g/mol. The van der Waals surface area contributed by atoms with Gasteiger partial charge in [-0.2, -0.15) is 8.42 Å². The van der Waals surface area contributed by atoms with E-state index < -0.39 is 10.4 Å². The van der Waals surface area contributed by atoms with Crippen molar-refractivity contribution in [2.45, 2.75) is 97.8 Å². The highest BCUT2D eigenvalue weighted by molar-refractivity contribution is 7.80. The molecule has 0 aliphatic carbocycles. The zero-order valence-electron chi connectivity index (χ0n) is 18.4. The van der Waals surface area contributed by atoms with Crippen LogP contribution in [-0.2, 0) is 19.3 Å². The van der Waals surface area contributed by atoms with E-state index in [0.717, 1.165) is 45.3 Å². The van der Waals surface area contributed by atoms with E-state index >= 15 is 0 Å². The minimum atomic E-state index is -4.26.